The fourth-order valence-electron chi connectivity index (χ4n) is 2.91. The average Bonchev–Trinajstić information content (AvgIpc) is 3.01. The fraction of sp³-hybridized carbons (Fsp3) is 0.250. The van der Waals surface area contributed by atoms with Crippen molar-refractivity contribution in [1.29, 1.82) is 5.26 Å². The molecule has 1 aromatic heterocycles. The van der Waals surface area contributed by atoms with Crippen molar-refractivity contribution in [2.24, 2.45) is 5.73 Å². The third-order valence-corrected chi connectivity index (χ3v) is 4.05. The van der Waals surface area contributed by atoms with E-state index in [1.807, 2.05) is 0 Å². The normalized spacial score (nSPS) is 16.3. The Morgan fingerprint density at radius 2 is 1.65 bits per heavy atom. The van der Waals surface area contributed by atoms with E-state index in [0.29, 0.717) is 18.5 Å². The van der Waals surface area contributed by atoms with E-state index >= 15 is 0 Å². The van der Waals surface area contributed by atoms with Crippen LogP contribution < -0.4 is 10.5 Å². The van der Waals surface area contributed by atoms with Gasteiger partial charge in [-0.15, -0.1) is 5.10 Å². The Balaban J connectivity index is 2.38. The van der Waals surface area contributed by atoms with Crippen molar-refractivity contribution in [1.82, 2.24) is 10.2 Å². The number of halogens is 5. The van der Waals surface area contributed by atoms with Gasteiger partial charge >= 0.3 is 0 Å². The molecule has 1 aliphatic rings. The van der Waals surface area contributed by atoms with Crippen LogP contribution in [0.25, 0.3) is 0 Å². The lowest BCUT2D eigenvalue weighted by Crippen LogP contribution is -2.24. The molecule has 5 nitrogen and oxygen atoms in total. The number of aromatic nitrogens is 2. The summed E-state index contributed by atoms with van der Waals surface area (Å²) >= 11 is 0. The summed E-state index contributed by atoms with van der Waals surface area (Å²) in [6.07, 6.45) is 0.926. The second-order valence-electron chi connectivity index (χ2n) is 5.58. The van der Waals surface area contributed by atoms with Crippen molar-refractivity contribution in [3.8, 4) is 11.9 Å². The van der Waals surface area contributed by atoms with Gasteiger partial charge in [0.2, 0.25) is 17.6 Å². The van der Waals surface area contributed by atoms with E-state index in [9.17, 15) is 27.2 Å². The highest BCUT2D eigenvalue weighted by atomic mass is 19.2. The van der Waals surface area contributed by atoms with Gasteiger partial charge in [-0.3, -0.25) is 5.10 Å². The van der Waals surface area contributed by atoms with Crippen molar-refractivity contribution < 1.29 is 26.7 Å². The Labute approximate surface area is 143 Å². The molecular weight excluding hydrogens is 359 g/mol. The number of fused-ring (bicyclic) bond motifs is 1. The Kier molecular flexibility index (Phi) is 4.31. The van der Waals surface area contributed by atoms with E-state index in [0.717, 1.165) is 0 Å². The smallest absolute Gasteiger partial charge is 0.244 e. The molecule has 0 saturated carbocycles. The molecule has 0 aliphatic carbocycles. The molecule has 1 aliphatic heterocycles. The molecule has 0 fully saturated rings. The number of H-pyrrole nitrogens is 1. The molecule has 2 heterocycles. The summed E-state index contributed by atoms with van der Waals surface area (Å²) in [6.45, 7) is 1.81. The predicted molar refractivity (Wildman–Crippen MR) is 78.1 cm³/mol. The first kappa shape index (κ1) is 17.7. The van der Waals surface area contributed by atoms with Crippen molar-refractivity contribution in [3.63, 3.8) is 0 Å². The molecule has 0 unspecified atom stereocenters. The number of rotatable bonds is 3. The highest BCUT2D eigenvalue weighted by Crippen LogP contribution is 2.45. The SMILES string of the molecule is CCCc1[nH]nc2c1[C@@H](c1c(F)c(F)c(F)c(F)c1F)C(C#N)=C(N)O2. The van der Waals surface area contributed by atoms with Gasteiger partial charge in [-0.1, -0.05) is 13.3 Å². The van der Waals surface area contributed by atoms with E-state index in [2.05, 4.69) is 10.2 Å². The van der Waals surface area contributed by atoms with Gasteiger partial charge in [0.1, 0.15) is 11.6 Å². The van der Waals surface area contributed by atoms with Crippen LogP contribution in [0.15, 0.2) is 11.5 Å². The van der Waals surface area contributed by atoms with Crippen LogP contribution in [-0.2, 0) is 6.42 Å². The minimum Gasteiger partial charge on any atom is -0.420 e. The van der Waals surface area contributed by atoms with Crippen molar-refractivity contribution >= 4 is 0 Å². The van der Waals surface area contributed by atoms with E-state index in [1.165, 1.54) is 0 Å². The fourth-order valence-corrected chi connectivity index (χ4v) is 2.91. The zero-order chi connectivity index (χ0) is 19.2. The molecule has 1 aromatic carbocycles. The summed E-state index contributed by atoms with van der Waals surface area (Å²) in [4.78, 5) is 0. The minimum absolute atomic E-state index is 0.0146. The van der Waals surface area contributed by atoms with Crippen molar-refractivity contribution in [2.45, 2.75) is 25.7 Å². The van der Waals surface area contributed by atoms with Gasteiger partial charge in [-0.25, -0.2) is 22.0 Å². The van der Waals surface area contributed by atoms with E-state index in [-0.39, 0.29) is 11.4 Å². The molecule has 0 spiro atoms. The Morgan fingerprint density at radius 3 is 2.19 bits per heavy atom. The molecule has 26 heavy (non-hydrogen) atoms. The van der Waals surface area contributed by atoms with E-state index in [4.69, 9.17) is 10.5 Å². The number of nitriles is 1. The molecule has 0 saturated heterocycles. The number of ether oxygens (including phenoxy) is 1. The van der Waals surface area contributed by atoms with Crippen molar-refractivity contribution in [2.75, 3.05) is 0 Å². The van der Waals surface area contributed by atoms with Gasteiger partial charge in [0, 0.05) is 11.3 Å². The van der Waals surface area contributed by atoms with E-state index in [1.54, 1.807) is 13.0 Å². The largest absolute Gasteiger partial charge is 0.420 e. The molecule has 0 radical (unpaired) electrons. The molecule has 1 atom stereocenters. The molecule has 0 bridgehead atoms. The number of nitrogens with zero attached hydrogens (tertiary/aromatic N) is 2. The molecule has 2 aromatic rings. The lowest BCUT2D eigenvalue weighted by Gasteiger charge is -2.25. The van der Waals surface area contributed by atoms with Crippen LogP contribution in [-0.4, -0.2) is 10.2 Å². The molecule has 3 N–H and O–H groups in total. The standard InChI is InChI=1S/C16H11F5N4O/c1-2-3-6-8-7(5(4-22)15(23)26-16(8)25-24-6)9-10(17)12(19)14(21)13(20)11(9)18/h7H,2-3,23H2,1H3,(H,24,25)/t7-/m0/s1. The van der Waals surface area contributed by atoms with E-state index < -0.39 is 52.0 Å². The van der Waals surface area contributed by atoms with Crippen LogP contribution in [0.5, 0.6) is 5.88 Å². The number of hydrogen-bond acceptors (Lipinski definition) is 4. The first-order valence-electron chi connectivity index (χ1n) is 7.49. The summed E-state index contributed by atoms with van der Waals surface area (Å²) in [5, 5.41) is 15.8. The first-order chi connectivity index (χ1) is 12.3. The van der Waals surface area contributed by atoms with Crippen LogP contribution in [0.3, 0.4) is 0 Å². The summed E-state index contributed by atoms with van der Waals surface area (Å²) in [7, 11) is 0. The summed E-state index contributed by atoms with van der Waals surface area (Å²) in [5.41, 5.74) is 4.31. The van der Waals surface area contributed by atoms with Gasteiger partial charge in [0.25, 0.3) is 0 Å². The highest BCUT2D eigenvalue weighted by molar-refractivity contribution is 5.56. The van der Waals surface area contributed by atoms with Crippen LogP contribution >= 0.6 is 0 Å². The lowest BCUT2D eigenvalue weighted by atomic mass is 9.82. The van der Waals surface area contributed by atoms with Gasteiger partial charge in [0.05, 0.1) is 11.5 Å². The molecule has 136 valence electrons. The monoisotopic (exact) mass is 370 g/mol. The molecule has 10 heteroatoms. The second kappa shape index (κ2) is 6.33. The maximum atomic E-state index is 14.4. The number of aromatic amines is 1. The molecule has 0 amide bonds. The van der Waals surface area contributed by atoms with Gasteiger partial charge in [-0.05, 0) is 6.42 Å². The summed E-state index contributed by atoms with van der Waals surface area (Å²) in [6, 6.07) is 1.63. The number of benzene rings is 1. The number of aryl methyl sites for hydroxylation is 1. The van der Waals surface area contributed by atoms with Gasteiger partial charge < -0.3 is 10.5 Å². The van der Waals surface area contributed by atoms with Gasteiger partial charge in [-0.2, -0.15) is 5.26 Å². The lowest BCUT2D eigenvalue weighted by molar-refractivity contribution is 0.357. The number of hydrogen-bond donors (Lipinski definition) is 2. The number of nitrogens with one attached hydrogen (secondary N) is 1. The highest BCUT2D eigenvalue weighted by Gasteiger charge is 2.40. The van der Waals surface area contributed by atoms with Gasteiger partial charge in [0.15, 0.2) is 23.3 Å². The maximum absolute atomic E-state index is 14.4. The number of allylic oxidation sites excluding steroid dienone is 1. The summed E-state index contributed by atoms with van der Waals surface area (Å²) < 4.78 is 74.7. The van der Waals surface area contributed by atoms with Crippen molar-refractivity contribution in [3.05, 3.63) is 57.4 Å². The zero-order valence-electron chi connectivity index (χ0n) is 13.3. The van der Waals surface area contributed by atoms with Crippen LogP contribution in [0, 0.1) is 40.4 Å². The minimum atomic E-state index is -2.28. The Morgan fingerprint density at radius 1 is 1.08 bits per heavy atom. The predicted octanol–water partition coefficient (Wildman–Crippen LogP) is 3.28. The Hall–Kier alpha value is -3.09. The van der Waals surface area contributed by atoms with Crippen LogP contribution in [0.2, 0.25) is 0 Å². The molecule has 3 rings (SSSR count). The third-order valence-electron chi connectivity index (χ3n) is 4.05. The molecular formula is C16H11F5N4O. The zero-order valence-corrected chi connectivity index (χ0v) is 13.3. The van der Waals surface area contributed by atoms with Crippen LogP contribution in [0.1, 0.15) is 36.1 Å². The second-order valence-corrected chi connectivity index (χ2v) is 5.58. The maximum Gasteiger partial charge on any atom is 0.244 e. The van der Waals surface area contributed by atoms with Crippen LogP contribution in [0.4, 0.5) is 22.0 Å². The number of nitrogens with two attached hydrogens (primary N) is 1. The first-order valence-corrected chi connectivity index (χ1v) is 7.49. The summed E-state index contributed by atoms with van der Waals surface area (Å²) in [5.74, 6) is -12.9. The average molecular weight is 370 g/mol. The topological polar surface area (TPSA) is 87.7 Å². The Bertz CT molecular complexity index is 947. The third kappa shape index (κ3) is 2.39. The quantitative estimate of drug-likeness (QED) is 0.493.